The number of hydrogen-bond donors (Lipinski definition) is 1. The highest BCUT2D eigenvalue weighted by molar-refractivity contribution is 7.99. The Hall–Kier alpha value is -2.87. The second-order valence-electron chi connectivity index (χ2n) is 6.92. The lowest BCUT2D eigenvalue weighted by atomic mass is 10.2. The molecule has 0 unspecified atom stereocenters. The first-order valence-electron chi connectivity index (χ1n) is 9.67. The number of rotatable bonds is 7. The summed E-state index contributed by atoms with van der Waals surface area (Å²) >= 11 is 1.38. The molecule has 3 aromatic rings. The fourth-order valence-electron chi connectivity index (χ4n) is 3.50. The number of methoxy groups -OCH3 is 1. The second kappa shape index (κ2) is 9.09. The number of hydrogen-bond acceptors (Lipinski definition) is 6. The molecule has 0 aliphatic heterocycles. The van der Waals surface area contributed by atoms with Crippen LogP contribution in [0.4, 0.5) is 0 Å². The molecule has 1 fully saturated rings. The Balaban J connectivity index is 1.61. The molecule has 0 bridgehead atoms. The zero-order valence-electron chi connectivity index (χ0n) is 16.2. The van der Waals surface area contributed by atoms with Crippen LogP contribution in [-0.4, -0.2) is 44.6 Å². The molecule has 0 radical (unpaired) electrons. The standard InChI is InChI=1S/C21H23N5O2S/c1-28-18-10-4-9-17(12-18)26-20(15-6-5-11-22-13-15)24-25-21(26)29-14-19(27)23-16-7-2-3-8-16/h4-6,9-13,16H,2-3,7-8,14H2,1H3,(H,23,27). The summed E-state index contributed by atoms with van der Waals surface area (Å²) in [7, 11) is 1.64. The average molecular weight is 410 g/mol. The maximum absolute atomic E-state index is 12.4. The summed E-state index contributed by atoms with van der Waals surface area (Å²) in [6, 6.07) is 11.8. The van der Waals surface area contributed by atoms with E-state index < -0.39 is 0 Å². The van der Waals surface area contributed by atoms with Crippen LogP contribution in [0.15, 0.2) is 53.9 Å². The number of amides is 1. The summed E-state index contributed by atoms with van der Waals surface area (Å²) in [5.41, 5.74) is 1.72. The SMILES string of the molecule is COc1cccc(-n2c(SCC(=O)NC3CCCC3)nnc2-c2cccnc2)c1. The van der Waals surface area contributed by atoms with Crippen molar-refractivity contribution in [1.29, 1.82) is 0 Å². The van der Waals surface area contributed by atoms with E-state index in [1.807, 2.05) is 41.0 Å². The van der Waals surface area contributed by atoms with Crippen molar-refractivity contribution in [1.82, 2.24) is 25.1 Å². The Morgan fingerprint density at radius 3 is 2.86 bits per heavy atom. The molecular formula is C21H23N5O2S. The van der Waals surface area contributed by atoms with Gasteiger partial charge in [-0.25, -0.2) is 0 Å². The van der Waals surface area contributed by atoms with Crippen LogP contribution in [0.5, 0.6) is 5.75 Å². The number of carbonyl (C=O) groups excluding carboxylic acids is 1. The first kappa shape index (κ1) is 19.4. The molecule has 2 aromatic heterocycles. The zero-order chi connectivity index (χ0) is 20.1. The minimum atomic E-state index is 0.0324. The fourth-order valence-corrected chi connectivity index (χ4v) is 4.26. The van der Waals surface area contributed by atoms with Crippen LogP contribution in [0.3, 0.4) is 0 Å². The van der Waals surface area contributed by atoms with Crippen molar-refractivity contribution in [2.75, 3.05) is 12.9 Å². The smallest absolute Gasteiger partial charge is 0.230 e. The molecule has 1 aliphatic rings. The van der Waals surface area contributed by atoms with Crippen LogP contribution in [0.1, 0.15) is 25.7 Å². The molecule has 0 saturated heterocycles. The molecule has 1 saturated carbocycles. The van der Waals surface area contributed by atoms with E-state index >= 15 is 0 Å². The van der Waals surface area contributed by atoms with Crippen LogP contribution < -0.4 is 10.1 Å². The van der Waals surface area contributed by atoms with Gasteiger partial charge in [0.1, 0.15) is 5.75 Å². The lowest BCUT2D eigenvalue weighted by Crippen LogP contribution is -2.33. The number of thioether (sulfide) groups is 1. The quantitative estimate of drug-likeness (QED) is 0.602. The van der Waals surface area contributed by atoms with Gasteiger partial charge in [-0.2, -0.15) is 0 Å². The van der Waals surface area contributed by atoms with Crippen molar-refractivity contribution in [3.63, 3.8) is 0 Å². The average Bonchev–Trinajstić information content (AvgIpc) is 3.42. The Labute approximate surface area is 173 Å². The summed E-state index contributed by atoms with van der Waals surface area (Å²) in [4.78, 5) is 16.6. The summed E-state index contributed by atoms with van der Waals surface area (Å²) < 4.78 is 7.31. The van der Waals surface area contributed by atoms with Gasteiger partial charge in [0.15, 0.2) is 11.0 Å². The van der Waals surface area contributed by atoms with Gasteiger partial charge >= 0.3 is 0 Å². The van der Waals surface area contributed by atoms with Crippen LogP contribution in [-0.2, 0) is 4.79 Å². The first-order valence-corrected chi connectivity index (χ1v) is 10.7. The number of aromatic nitrogens is 4. The zero-order valence-corrected chi connectivity index (χ0v) is 17.1. The summed E-state index contributed by atoms with van der Waals surface area (Å²) in [6.45, 7) is 0. The molecule has 1 aliphatic carbocycles. The Bertz CT molecular complexity index is 970. The second-order valence-corrected chi connectivity index (χ2v) is 7.86. The van der Waals surface area contributed by atoms with Gasteiger partial charge in [0.2, 0.25) is 5.91 Å². The molecular weight excluding hydrogens is 386 g/mol. The van der Waals surface area contributed by atoms with Crippen molar-refractivity contribution < 1.29 is 9.53 Å². The maximum Gasteiger partial charge on any atom is 0.230 e. The molecule has 0 spiro atoms. The van der Waals surface area contributed by atoms with Crippen LogP contribution in [0.25, 0.3) is 17.1 Å². The largest absolute Gasteiger partial charge is 0.497 e. The Morgan fingerprint density at radius 2 is 2.10 bits per heavy atom. The number of nitrogens with one attached hydrogen (secondary N) is 1. The number of ether oxygens (including phenoxy) is 1. The van der Waals surface area contributed by atoms with Crippen molar-refractivity contribution in [3.05, 3.63) is 48.8 Å². The lowest BCUT2D eigenvalue weighted by Gasteiger charge is -2.13. The van der Waals surface area contributed by atoms with Crippen LogP contribution in [0.2, 0.25) is 0 Å². The number of carbonyl (C=O) groups is 1. The van der Waals surface area contributed by atoms with Gasteiger partial charge in [-0.1, -0.05) is 30.7 Å². The minimum Gasteiger partial charge on any atom is -0.497 e. The Morgan fingerprint density at radius 1 is 1.24 bits per heavy atom. The lowest BCUT2D eigenvalue weighted by molar-refractivity contribution is -0.119. The van der Waals surface area contributed by atoms with Crippen molar-refractivity contribution in [2.24, 2.45) is 0 Å². The number of benzene rings is 1. The van der Waals surface area contributed by atoms with Gasteiger partial charge in [0, 0.05) is 30.1 Å². The van der Waals surface area contributed by atoms with Gasteiger partial charge < -0.3 is 10.1 Å². The molecule has 1 aromatic carbocycles. The topological polar surface area (TPSA) is 81.9 Å². The van der Waals surface area contributed by atoms with E-state index in [1.165, 1.54) is 24.6 Å². The normalized spacial score (nSPS) is 14.1. The molecule has 4 rings (SSSR count). The molecule has 150 valence electrons. The Kier molecular flexibility index (Phi) is 6.09. The third-order valence-corrected chi connectivity index (χ3v) is 5.85. The summed E-state index contributed by atoms with van der Waals surface area (Å²) in [6.07, 6.45) is 8.00. The van der Waals surface area contributed by atoms with Crippen molar-refractivity contribution in [2.45, 2.75) is 36.9 Å². The highest BCUT2D eigenvalue weighted by atomic mass is 32.2. The van der Waals surface area contributed by atoms with Crippen molar-refractivity contribution >= 4 is 17.7 Å². The van der Waals surface area contributed by atoms with E-state index in [-0.39, 0.29) is 5.91 Å². The van der Waals surface area contributed by atoms with E-state index in [0.717, 1.165) is 29.8 Å². The monoisotopic (exact) mass is 409 g/mol. The van der Waals surface area contributed by atoms with E-state index in [2.05, 4.69) is 20.5 Å². The van der Waals surface area contributed by atoms with Gasteiger partial charge in [0.25, 0.3) is 0 Å². The highest BCUT2D eigenvalue weighted by Crippen LogP contribution is 2.29. The van der Waals surface area contributed by atoms with Gasteiger partial charge in [-0.05, 0) is 37.1 Å². The van der Waals surface area contributed by atoms with E-state index in [9.17, 15) is 4.79 Å². The number of nitrogens with zero attached hydrogens (tertiary/aromatic N) is 4. The molecule has 8 heteroatoms. The molecule has 2 heterocycles. The number of pyridine rings is 1. The third-order valence-electron chi connectivity index (χ3n) is 4.92. The molecule has 1 amide bonds. The molecule has 29 heavy (non-hydrogen) atoms. The minimum absolute atomic E-state index is 0.0324. The van der Waals surface area contributed by atoms with Gasteiger partial charge in [0.05, 0.1) is 18.6 Å². The van der Waals surface area contributed by atoms with Gasteiger partial charge in [-0.15, -0.1) is 10.2 Å². The molecule has 0 atom stereocenters. The summed E-state index contributed by atoms with van der Waals surface area (Å²) in [5, 5.41) is 12.5. The van der Waals surface area contributed by atoms with Crippen molar-refractivity contribution in [3.8, 4) is 22.8 Å². The molecule has 1 N–H and O–H groups in total. The summed E-state index contributed by atoms with van der Waals surface area (Å²) in [5.74, 6) is 1.74. The third kappa shape index (κ3) is 4.59. The van der Waals surface area contributed by atoms with E-state index in [1.54, 1.807) is 19.5 Å². The van der Waals surface area contributed by atoms with E-state index in [4.69, 9.17) is 4.74 Å². The van der Waals surface area contributed by atoms with Gasteiger partial charge in [-0.3, -0.25) is 14.3 Å². The first-order chi connectivity index (χ1) is 14.2. The maximum atomic E-state index is 12.4. The fraction of sp³-hybridized carbons (Fsp3) is 0.333. The predicted octanol–water partition coefficient (Wildman–Crippen LogP) is 3.49. The molecule has 7 nitrogen and oxygen atoms in total. The van der Waals surface area contributed by atoms with E-state index in [0.29, 0.717) is 22.8 Å². The van der Waals surface area contributed by atoms with Crippen LogP contribution in [0, 0.1) is 0 Å². The highest BCUT2D eigenvalue weighted by Gasteiger charge is 2.20. The predicted molar refractivity (Wildman–Crippen MR) is 112 cm³/mol. The van der Waals surface area contributed by atoms with Crippen LogP contribution >= 0.6 is 11.8 Å².